The van der Waals surface area contributed by atoms with E-state index in [2.05, 4.69) is 10.0 Å². The van der Waals surface area contributed by atoms with Gasteiger partial charge in [-0.15, -0.1) is 11.3 Å². The van der Waals surface area contributed by atoms with Gasteiger partial charge in [0.05, 0.1) is 17.6 Å². The summed E-state index contributed by atoms with van der Waals surface area (Å²) in [5.74, 6) is -0.518. The van der Waals surface area contributed by atoms with Crippen LogP contribution in [0.15, 0.2) is 29.2 Å². The normalized spacial score (nSPS) is 14.1. The summed E-state index contributed by atoms with van der Waals surface area (Å²) < 4.78 is 32.6. The summed E-state index contributed by atoms with van der Waals surface area (Å²) in [6.45, 7) is 3.26. The molecule has 0 fully saturated rings. The van der Waals surface area contributed by atoms with Gasteiger partial charge in [-0.3, -0.25) is 4.72 Å². The molecule has 8 heteroatoms. The van der Waals surface area contributed by atoms with Crippen molar-refractivity contribution in [1.82, 2.24) is 5.32 Å². The Balaban J connectivity index is 2.01. The van der Waals surface area contributed by atoms with Gasteiger partial charge in [0.2, 0.25) is 0 Å². The van der Waals surface area contributed by atoms with E-state index in [1.54, 1.807) is 24.3 Å². The van der Waals surface area contributed by atoms with E-state index in [1.807, 2.05) is 6.92 Å². The standard InChI is InChI=1S/C16H18N2O4S2/c1-10-3-5-11(6-4-10)24(20,21)18-15-14(16(19)22-2)12-7-8-17-9-13(12)23-15/h3-6,17-18H,7-9H2,1-2H3. The molecule has 2 heterocycles. The molecule has 1 aromatic carbocycles. The Morgan fingerprint density at radius 3 is 2.67 bits per heavy atom. The number of ether oxygens (including phenoxy) is 1. The fraction of sp³-hybridized carbons (Fsp3) is 0.312. The lowest BCUT2D eigenvalue weighted by molar-refractivity contribution is 0.0601. The number of aryl methyl sites for hydroxylation is 1. The van der Waals surface area contributed by atoms with Gasteiger partial charge in [-0.2, -0.15) is 0 Å². The first kappa shape index (κ1) is 16.9. The predicted octanol–water partition coefficient (Wildman–Crippen LogP) is 2.29. The summed E-state index contributed by atoms with van der Waals surface area (Å²) in [5, 5.41) is 3.54. The van der Waals surface area contributed by atoms with Gasteiger partial charge >= 0.3 is 5.97 Å². The average molecular weight is 366 g/mol. The summed E-state index contributed by atoms with van der Waals surface area (Å²) >= 11 is 1.28. The molecule has 1 aliphatic heterocycles. The van der Waals surface area contributed by atoms with Gasteiger partial charge in [-0.25, -0.2) is 13.2 Å². The third-order valence-electron chi connectivity index (χ3n) is 3.88. The number of fused-ring (bicyclic) bond motifs is 1. The highest BCUT2D eigenvalue weighted by Gasteiger charge is 2.28. The molecule has 1 aliphatic rings. The van der Waals surface area contributed by atoms with Gasteiger partial charge in [0.1, 0.15) is 5.00 Å². The molecule has 0 saturated carbocycles. The van der Waals surface area contributed by atoms with E-state index >= 15 is 0 Å². The Bertz CT molecular complexity index is 870. The summed E-state index contributed by atoms with van der Waals surface area (Å²) in [6.07, 6.45) is 0.669. The van der Waals surface area contributed by atoms with E-state index in [1.165, 1.54) is 18.4 Å². The minimum Gasteiger partial charge on any atom is -0.465 e. The molecule has 0 aliphatic carbocycles. The Hall–Kier alpha value is -1.90. The molecule has 0 saturated heterocycles. The van der Waals surface area contributed by atoms with E-state index in [0.29, 0.717) is 23.5 Å². The second-order valence-electron chi connectivity index (χ2n) is 5.54. The molecule has 24 heavy (non-hydrogen) atoms. The van der Waals surface area contributed by atoms with Crippen molar-refractivity contribution in [3.8, 4) is 0 Å². The van der Waals surface area contributed by atoms with Gasteiger partial charge in [-0.1, -0.05) is 17.7 Å². The van der Waals surface area contributed by atoms with Gasteiger partial charge in [0.15, 0.2) is 0 Å². The zero-order chi connectivity index (χ0) is 17.3. The molecule has 0 spiro atoms. The van der Waals surface area contributed by atoms with Crippen LogP contribution in [0.25, 0.3) is 0 Å². The highest BCUT2D eigenvalue weighted by Crippen LogP contribution is 2.37. The van der Waals surface area contributed by atoms with Crippen LogP contribution in [0.3, 0.4) is 0 Å². The SMILES string of the molecule is COC(=O)c1c(NS(=O)(=O)c2ccc(C)cc2)sc2c1CCNC2. The number of sulfonamides is 1. The first-order valence-corrected chi connectivity index (χ1v) is 9.75. The van der Waals surface area contributed by atoms with Crippen LogP contribution in [0.1, 0.15) is 26.4 Å². The lowest BCUT2D eigenvalue weighted by atomic mass is 10.0. The van der Waals surface area contributed by atoms with E-state index < -0.39 is 16.0 Å². The van der Waals surface area contributed by atoms with Crippen molar-refractivity contribution in [3.63, 3.8) is 0 Å². The molecule has 0 bridgehead atoms. The number of carbonyl (C=O) groups is 1. The van der Waals surface area contributed by atoms with Crippen molar-refractivity contribution >= 4 is 32.3 Å². The van der Waals surface area contributed by atoms with Crippen LogP contribution in [0.4, 0.5) is 5.00 Å². The highest BCUT2D eigenvalue weighted by atomic mass is 32.2. The smallest absolute Gasteiger partial charge is 0.341 e. The molecule has 0 unspecified atom stereocenters. The first-order valence-electron chi connectivity index (χ1n) is 7.45. The van der Waals surface area contributed by atoms with Crippen LogP contribution >= 0.6 is 11.3 Å². The highest BCUT2D eigenvalue weighted by molar-refractivity contribution is 7.93. The molecule has 3 rings (SSSR count). The van der Waals surface area contributed by atoms with Gasteiger partial charge < -0.3 is 10.1 Å². The molecule has 2 N–H and O–H groups in total. The summed E-state index contributed by atoms with van der Waals surface area (Å²) in [6, 6.07) is 6.56. The van der Waals surface area contributed by atoms with Gasteiger partial charge in [0.25, 0.3) is 10.0 Å². The topological polar surface area (TPSA) is 84.5 Å². The molecule has 0 amide bonds. The third kappa shape index (κ3) is 3.17. The second-order valence-corrected chi connectivity index (χ2v) is 8.33. The number of carbonyl (C=O) groups excluding carboxylic acids is 1. The number of esters is 1. The lowest BCUT2D eigenvalue weighted by Crippen LogP contribution is -2.23. The van der Waals surface area contributed by atoms with Crippen LogP contribution in [0.5, 0.6) is 0 Å². The van der Waals surface area contributed by atoms with Crippen LogP contribution < -0.4 is 10.0 Å². The molecule has 0 radical (unpaired) electrons. The Kier molecular flexibility index (Phi) is 4.62. The van der Waals surface area contributed by atoms with Crippen molar-refractivity contribution in [2.75, 3.05) is 18.4 Å². The van der Waals surface area contributed by atoms with Crippen molar-refractivity contribution in [2.45, 2.75) is 24.8 Å². The average Bonchev–Trinajstić information content (AvgIpc) is 2.91. The minimum atomic E-state index is -3.76. The number of rotatable bonds is 4. The fourth-order valence-electron chi connectivity index (χ4n) is 2.62. The molecular weight excluding hydrogens is 348 g/mol. The quantitative estimate of drug-likeness (QED) is 0.811. The van der Waals surface area contributed by atoms with Gasteiger partial charge in [0, 0.05) is 11.4 Å². The number of thiophene rings is 1. The zero-order valence-electron chi connectivity index (χ0n) is 13.4. The molecule has 2 aromatic rings. The van der Waals surface area contributed by atoms with E-state index in [4.69, 9.17) is 4.74 Å². The van der Waals surface area contributed by atoms with Crippen molar-refractivity contribution in [3.05, 3.63) is 45.8 Å². The third-order valence-corrected chi connectivity index (χ3v) is 6.52. The van der Waals surface area contributed by atoms with Crippen molar-refractivity contribution < 1.29 is 17.9 Å². The molecule has 0 atom stereocenters. The number of nitrogens with one attached hydrogen (secondary N) is 2. The van der Waals surface area contributed by atoms with Crippen LogP contribution in [-0.2, 0) is 27.7 Å². The Labute approximate surface area is 144 Å². The second kappa shape index (κ2) is 6.54. The Morgan fingerprint density at radius 1 is 1.29 bits per heavy atom. The summed E-state index contributed by atoms with van der Waals surface area (Å²) in [7, 11) is -2.46. The van der Waals surface area contributed by atoms with E-state index in [0.717, 1.165) is 22.5 Å². The number of hydrogen-bond acceptors (Lipinski definition) is 6. The monoisotopic (exact) mass is 366 g/mol. The first-order chi connectivity index (χ1) is 11.4. The van der Waals surface area contributed by atoms with Crippen molar-refractivity contribution in [2.24, 2.45) is 0 Å². The zero-order valence-corrected chi connectivity index (χ0v) is 15.0. The molecule has 1 aromatic heterocycles. The fourth-order valence-corrected chi connectivity index (χ4v) is 5.13. The van der Waals surface area contributed by atoms with Crippen LogP contribution in [0.2, 0.25) is 0 Å². The van der Waals surface area contributed by atoms with Crippen LogP contribution in [-0.4, -0.2) is 28.0 Å². The molecule has 128 valence electrons. The minimum absolute atomic E-state index is 0.161. The van der Waals surface area contributed by atoms with E-state index in [-0.39, 0.29) is 4.90 Å². The van der Waals surface area contributed by atoms with Gasteiger partial charge in [-0.05, 0) is 37.6 Å². The predicted molar refractivity (Wildman–Crippen MR) is 93.1 cm³/mol. The maximum atomic E-state index is 12.6. The van der Waals surface area contributed by atoms with Crippen molar-refractivity contribution in [1.29, 1.82) is 0 Å². The van der Waals surface area contributed by atoms with E-state index in [9.17, 15) is 13.2 Å². The molecule has 6 nitrogen and oxygen atoms in total. The summed E-state index contributed by atoms with van der Waals surface area (Å²) in [4.78, 5) is 13.3. The Morgan fingerprint density at radius 2 is 2.00 bits per heavy atom. The number of methoxy groups -OCH3 is 1. The number of hydrogen-bond donors (Lipinski definition) is 2. The van der Waals surface area contributed by atoms with Crippen LogP contribution in [0, 0.1) is 6.92 Å². The summed E-state index contributed by atoms with van der Waals surface area (Å²) in [5.41, 5.74) is 2.17. The largest absolute Gasteiger partial charge is 0.465 e. The number of benzene rings is 1. The lowest BCUT2D eigenvalue weighted by Gasteiger charge is -2.13. The molecular formula is C16H18N2O4S2. The maximum absolute atomic E-state index is 12.6. The maximum Gasteiger partial charge on any atom is 0.341 e. The number of anilines is 1.